The van der Waals surface area contributed by atoms with Crippen LogP contribution in [0.1, 0.15) is 58.7 Å². The first kappa shape index (κ1) is 19.9. The van der Waals surface area contributed by atoms with Crippen LogP contribution in [0.2, 0.25) is 0 Å². The zero-order valence-electron chi connectivity index (χ0n) is 17.2. The second-order valence-corrected chi connectivity index (χ2v) is 8.56. The van der Waals surface area contributed by atoms with E-state index >= 15 is 0 Å². The van der Waals surface area contributed by atoms with Gasteiger partial charge in [0, 0.05) is 12.1 Å². The highest BCUT2D eigenvalue weighted by Crippen LogP contribution is 2.38. The molecular formula is C23H24N2O5. The van der Waals surface area contributed by atoms with Gasteiger partial charge in [0.15, 0.2) is 0 Å². The van der Waals surface area contributed by atoms with Crippen LogP contribution in [-0.2, 0) is 11.2 Å². The van der Waals surface area contributed by atoms with E-state index in [9.17, 15) is 19.5 Å². The summed E-state index contributed by atoms with van der Waals surface area (Å²) < 4.78 is 5.56. The molecule has 0 saturated carbocycles. The van der Waals surface area contributed by atoms with Crippen molar-refractivity contribution in [3.8, 4) is 5.75 Å². The summed E-state index contributed by atoms with van der Waals surface area (Å²) in [5, 5.41) is 10.6. The number of phenolic OH excluding ortho intramolecular Hbond substituents is 1. The minimum Gasteiger partial charge on any atom is -0.508 e. The van der Waals surface area contributed by atoms with Crippen LogP contribution in [0.15, 0.2) is 42.5 Å². The Morgan fingerprint density at radius 1 is 1.07 bits per heavy atom. The number of benzene rings is 2. The zero-order chi connectivity index (χ0) is 21.6. The number of phenols is 1. The second kappa shape index (κ2) is 7.16. The Morgan fingerprint density at radius 2 is 1.70 bits per heavy atom. The fourth-order valence-corrected chi connectivity index (χ4v) is 4.06. The monoisotopic (exact) mass is 408 g/mol. The van der Waals surface area contributed by atoms with Crippen LogP contribution >= 0.6 is 0 Å². The van der Waals surface area contributed by atoms with Gasteiger partial charge in [-0.3, -0.25) is 19.4 Å². The predicted octanol–water partition coefficient (Wildman–Crippen LogP) is 3.52. The Kier molecular flexibility index (Phi) is 4.76. The van der Waals surface area contributed by atoms with Gasteiger partial charge >= 0.3 is 6.09 Å². The number of carbonyl (C=O) groups is 3. The summed E-state index contributed by atoms with van der Waals surface area (Å²) in [6, 6.07) is 11.1. The van der Waals surface area contributed by atoms with Crippen molar-refractivity contribution in [2.75, 3.05) is 13.1 Å². The number of nitrogens with zero attached hydrogens (tertiary/aromatic N) is 2. The molecule has 1 atom stereocenters. The highest BCUT2D eigenvalue weighted by molar-refractivity contribution is 6.21. The lowest BCUT2D eigenvalue weighted by molar-refractivity contribution is 0.00962. The van der Waals surface area contributed by atoms with Crippen LogP contribution < -0.4 is 0 Å². The standard InChI is InChI=1S/C23H24N2O5/c1-23(2,3)30-22(29)24-12-11-14-7-6-10-18(26)19(14)17(24)13-25-20(27)15-8-4-5-9-16(15)21(25)28/h4-10,17,26H,11-13H2,1-3H3/t17-/m1/s1. The van der Waals surface area contributed by atoms with Crippen LogP contribution in [-0.4, -0.2) is 51.5 Å². The van der Waals surface area contributed by atoms with Crippen LogP contribution in [0.4, 0.5) is 4.79 Å². The van der Waals surface area contributed by atoms with Crippen LogP contribution in [0.3, 0.4) is 0 Å². The van der Waals surface area contributed by atoms with Crippen molar-refractivity contribution < 1.29 is 24.2 Å². The van der Waals surface area contributed by atoms with Gasteiger partial charge in [0.1, 0.15) is 11.4 Å². The van der Waals surface area contributed by atoms with Crippen molar-refractivity contribution in [1.82, 2.24) is 9.80 Å². The van der Waals surface area contributed by atoms with E-state index in [4.69, 9.17) is 4.74 Å². The second-order valence-electron chi connectivity index (χ2n) is 8.56. The minimum absolute atomic E-state index is 0.0300. The van der Waals surface area contributed by atoms with E-state index in [0.717, 1.165) is 10.5 Å². The number of aromatic hydroxyl groups is 1. The van der Waals surface area contributed by atoms with E-state index in [1.807, 2.05) is 6.07 Å². The Morgan fingerprint density at radius 3 is 2.30 bits per heavy atom. The Hall–Kier alpha value is -3.35. The molecule has 2 aliphatic rings. The summed E-state index contributed by atoms with van der Waals surface area (Å²) in [5.41, 5.74) is 1.43. The molecule has 0 saturated heterocycles. The van der Waals surface area contributed by atoms with Gasteiger partial charge in [-0.05, 0) is 51.0 Å². The Bertz CT molecular complexity index is 1010. The van der Waals surface area contributed by atoms with Crippen molar-refractivity contribution in [2.45, 2.75) is 38.8 Å². The molecular weight excluding hydrogens is 384 g/mol. The molecule has 0 bridgehead atoms. The predicted molar refractivity (Wildman–Crippen MR) is 109 cm³/mol. The molecule has 7 nitrogen and oxygen atoms in total. The molecule has 7 heteroatoms. The normalized spacial score (nSPS) is 18.3. The highest BCUT2D eigenvalue weighted by atomic mass is 16.6. The first-order chi connectivity index (χ1) is 14.2. The van der Waals surface area contributed by atoms with Gasteiger partial charge in [-0.25, -0.2) is 4.79 Å². The van der Waals surface area contributed by atoms with E-state index < -0.39 is 29.6 Å². The summed E-state index contributed by atoms with van der Waals surface area (Å²) >= 11 is 0. The van der Waals surface area contributed by atoms with E-state index in [1.165, 1.54) is 4.90 Å². The number of rotatable bonds is 2. The minimum atomic E-state index is -0.702. The molecule has 2 aromatic carbocycles. The first-order valence-corrected chi connectivity index (χ1v) is 9.93. The largest absolute Gasteiger partial charge is 0.508 e. The number of hydrogen-bond donors (Lipinski definition) is 1. The van der Waals surface area contributed by atoms with E-state index in [1.54, 1.807) is 57.2 Å². The van der Waals surface area contributed by atoms with E-state index in [0.29, 0.717) is 29.7 Å². The Balaban J connectivity index is 1.72. The molecule has 0 spiro atoms. The third-order valence-electron chi connectivity index (χ3n) is 5.37. The maximum Gasteiger partial charge on any atom is 0.410 e. The Labute approximate surface area is 174 Å². The van der Waals surface area contributed by atoms with E-state index in [-0.39, 0.29) is 12.3 Å². The smallest absolute Gasteiger partial charge is 0.410 e. The number of hydrogen-bond acceptors (Lipinski definition) is 5. The fraction of sp³-hybridized carbons (Fsp3) is 0.348. The lowest BCUT2D eigenvalue weighted by atomic mass is 9.91. The molecule has 0 unspecified atom stereocenters. The molecule has 0 aliphatic carbocycles. The molecule has 2 heterocycles. The molecule has 2 aliphatic heterocycles. The third kappa shape index (κ3) is 3.40. The zero-order valence-corrected chi connectivity index (χ0v) is 17.2. The van der Waals surface area contributed by atoms with Crippen molar-refractivity contribution in [3.05, 3.63) is 64.7 Å². The molecule has 0 fully saturated rings. The van der Waals surface area contributed by atoms with Crippen LogP contribution in [0.25, 0.3) is 0 Å². The van der Waals surface area contributed by atoms with Crippen molar-refractivity contribution in [3.63, 3.8) is 0 Å². The van der Waals surface area contributed by atoms with Gasteiger partial charge in [-0.15, -0.1) is 0 Å². The summed E-state index contributed by atoms with van der Waals surface area (Å²) in [5.74, 6) is -0.771. The van der Waals surface area contributed by atoms with Crippen molar-refractivity contribution >= 4 is 17.9 Å². The number of amides is 3. The summed E-state index contributed by atoms with van der Waals surface area (Å²) in [6.45, 7) is 5.63. The fourth-order valence-electron chi connectivity index (χ4n) is 4.06. The maximum absolute atomic E-state index is 12.9. The topological polar surface area (TPSA) is 87.2 Å². The van der Waals surface area contributed by atoms with Gasteiger partial charge in [-0.1, -0.05) is 24.3 Å². The maximum atomic E-state index is 12.9. The number of fused-ring (bicyclic) bond motifs is 2. The van der Waals surface area contributed by atoms with Gasteiger partial charge < -0.3 is 9.84 Å². The lowest BCUT2D eigenvalue weighted by Crippen LogP contribution is -2.48. The first-order valence-electron chi connectivity index (χ1n) is 9.93. The molecule has 4 rings (SSSR count). The third-order valence-corrected chi connectivity index (χ3v) is 5.37. The molecule has 30 heavy (non-hydrogen) atoms. The molecule has 0 radical (unpaired) electrons. The number of ether oxygens (including phenoxy) is 1. The van der Waals surface area contributed by atoms with E-state index in [2.05, 4.69) is 0 Å². The van der Waals surface area contributed by atoms with Gasteiger partial charge in [-0.2, -0.15) is 0 Å². The molecule has 0 aromatic heterocycles. The quantitative estimate of drug-likeness (QED) is 0.769. The SMILES string of the molecule is CC(C)(C)OC(=O)N1CCc2cccc(O)c2[C@H]1CN1C(=O)c2ccccc2C1=O. The van der Waals surface area contributed by atoms with Gasteiger partial charge in [0.2, 0.25) is 0 Å². The molecule has 1 N–H and O–H groups in total. The van der Waals surface area contributed by atoms with Crippen molar-refractivity contribution in [2.24, 2.45) is 0 Å². The average Bonchev–Trinajstić information content (AvgIpc) is 2.92. The van der Waals surface area contributed by atoms with Crippen LogP contribution in [0, 0.1) is 0 Å². The molecule has 2 aromatic rings. The highest BCUT2D eigenvalue weighted by Gasteiger charge is 2.42. The summed E-state index contributed by atoms with van der Waals surface area (Å²) in [7, 11) is 0. The van der Waals surface area contributed by atoms with Crippen LogP contribution in [0.5, 0.6) is 5.75 Å². The molecule has 156 valence electrons. The summed E-state index contributed by atoms with van der Waals surface area (Å²) in [4.78, 5) is 41.4. The number of imide groups is 1. The van der Waals surface area contributed by atoms with Gasteiger partial charge in [0.25, 0.3) is 11.8 Å². The van der Waals surface area contributed by atoms with Gasteiger partial charge in [0.05, 0.1) is 23.7 Å². The average molecular weight is 408 g/mol. The van der Waals surface area contributed by atoms with Crippen molar-refractivity contribution in [1.29, 1.82) is 0 Å². The number of carbonyl (C=O) groups excluding carboxylic acids is 3. The summed E-state index contributed by atoms with van der Waals surface area (Å²) in [6.07, 6.45) is -0.000259. The lowest BCUT2D eigenvalue weighted by Gasteiger charge is -2.39. The molecule has 3 amide bonds.